The number of aromatic nitrogens is 1. The molecule has 4 heteroatoms. The third-order valence-corrected chi connectivity index (χ3v) is 2.21. The van der Waals surface area contributed by atoms with Gasteiger partial charge >= 0.3 is 5.97 Å². The number of carboxylic acids is 1. The summed E-state index contributed by atoms with van der Waals surface area (Å²) in [6, 6.07) is 6.69. The number of aromatic carboxylic acids is 1. The second-order valence-corrected chi connectivity index (χ2v) is 3.03. The van der Waals surface area contributed by atoms with Crippen molar-refractivity contribution in [1.82, 2.24) is 4.09 Å². The number of hydrogen-bond donors (Lipinski definition) is 1. The fourth-order valence-corrected chi connectivity index (χ4v) is 1.52. The van der Waals surface area contributed by atoms with Crippen LogP contribution in [0.25, 0.3) is 10.9 Å². The monoisotopic (exact) mass is 195 g/mol. The van der Waals surface area contributed by atoms with Crippen molar-refractivity contribution in [1.29, 1.82) is 0 Å². The van der Waals surface area contributed by atoms with E-state index in [1.54, 1.807) is 30.5 Å². The van der Waals surface area contributed by atoms with Crippen LogP contribution in [0.3, 0.4) is 0 Å². The summed E-state index contributed by atoms with van der Waals surface area (Å²) in [5, 5.41) is 9.50. The maximum absolute atomic E-state index is 10.8. The first-order valence-corrected chi connectivity index (χ1v) is 4.03. The zero-order valence-electron chi connectivity index (χ0n) is 6.57. The van der Waals surface area contributed by atoms with Crippen LogP contribution in [0.2, 0.25) is 0 Å². The number of rotatable bonds is 1. The molecule has 0 spiro atoms. The Morgan fingerprint density at radius 1 is 1.38 bits per heavy atom. The van der Waals surface area contributed by atoms with Gasteiger partial charge in [0.2, 0.25) is 0 Å². The molecule has 1 N–H and O–H groups in total. The minimum Gasteiger partial charge on any atom is -0.478 e. The minimum atomic E-state index is -0.937. The molecule has 1 aromatic carbocycles. The summed E-state index contributed by atoms with van der Waals surface area (Å²) in [6.07, 6.45) is 1.62. The van der Waals surface area contributed by atoms with E-state index < -0.39 is 5.97 Å². The van der Waals surface area contributed by atoms with E-state index in [4.69, 9.17) is 16.9 Å². The van der Waals surface area contributed by atoms with Gasteiger partial charge in [0.1, 0.15) is 0 Å². The van der Waals surface area contributed by atoms with E-state index >= 15 is 0 Å². The van der Waals surface area contributed by atoms with Gasteiger partial charge in [-0.25, -0.2) is 4.79 Å². The molecule has 66 valence electrons. The zero-order chi connectivity index (χ0) is 9.42. The summed E-state index contributed by atoms with van der Waals surface area (Å²) >= 11 is 5.77. The molecule has 2 rings (SSSR count). The van der Waals surface area contributed by atoms with Gasteiger partial charge in [0, 0.05) is 23.4 Å². The van der Waals surface area contributed by atoms with Gasteiger partial charge in [-0.3, -0.25) is 4.09 Å². The Bertz CT molecular complexity index is 475. The van der Waals surface area contributed by atoms with Crippen LogP contribution in [-0.2, 0) is 0 Å². The number of fused-ring (bicyclic) bond motifs is 1. The van der Waals surface area contributed by atoms with E-state index in [1.165, 1.54) is 4.09 Å². The van der Waals surface area contributed by atoms with Crippen LogP contribution >= 0.6 is 11.8 Å². The lowest BCUT2D eigenvalue weighted by Crippen LogP contribution is -1.96. The molecule has 3 nitrogen and oxygen atoms in total. The highest BCUT2D eigenvalue weighted by atomic mass is 35.5. The molecule has 0 saturated heterocycles. The Balaban J connectivity index is 2.84. The molecule has 0 amide bonds. The fraction of sp³-hybridized carbons (Fsp3) is 0. The summed E-state index contributed by atoms with van der Waals surface area (Å²) in [6.45, 7) is 0. The Hall–Kier alpha value is -1.48. The van der Waals surface area contributed by atoms with Crippen LogP contribution in [-0.4, -0.2) is 15.2 Å². The lowest BCUT2D eigenvalue weighted by atomic mass is 10.1. The minimum absolute atomic E-state index is 0.275. The van der Waals surface area contributed by atoms with Crippen LogP contribution < -0.4 is 0 Å². The summed E-state index contributed by atoms with van der Waals surface area (Å²) < 4.78 is 1.38. The van der Waals surface area contributed by atoms with Crippen LogP contribution in [0.15, 0.2) is 30.5 Å². The normalized spacial score (nSPS) is 10.5. The van der Waals surface area contributed by atoms with Crippen molar-refractivity contribution < 1.29 is 9.90 Å². The molecule has 0 radical (unpaired) electrons. The molecule has 1 heterocycles. The largest absolute Gasteiger partial charge is 0.478 e. The Morgan fingerprint density at radius 3 is 2.85 bits per heavy atom. The van der Waals surface area contributed by atoms with Crippen molar-refractivity contribution in [3.63, 3.8) is 0 Å². The van der Waals surface area contributed by atoms with Crippen molar-refractivity contribution in [2.45, 2.75) is 0 Å². The summed E-state index contributed by atoms with van der Waals surface area (Å²) in [7, 11) is 0. The highest BCUT2D eigenvalue weighted by Crippen LogP contribution is 2.20. The van der Waals surface area contributed by atoms with Crippen LogP contribution in [0.1, 0.15) is 10.4 Å². The molecule has 2 aromatic rings. The average Bonchev–Trinajstić information content (AvgIpc) is 2.48. The summed E-state index contributed by atoms with van der Waals surface area (Å²) in [5.74, 6) is -0.937. The first-order valence-electron chi connectivity index (χ1n) is 3.69. The predicted octanol–water partition coefficient (Wildman–Crippen LogP) is 2.34. The first-order chi connectivity index (χ1) is 6.20. The molecule has 0 aliphatic heterocycles. The van der Waals surface area contributed by atoms with E-state index in [0.717, 1.165) is 0 Å². The molecule has 0 saturated carbocycles. The molecule has 0 bridgehead atoms. The molecule has 0 atom stereocenters. The van der Waals surface area contributed by atoms with E-state index in [2.05, 4.69) is 0 Å². The average molecular weight is 196 g/mol. The van der Waals surface area contributed by atoms with Gasteiger partial charge in [-0.2, -0.15) is 0 Å². The van der Waals surface area contributed by atoms with Gasteiger partial charge in [-0.15, -0.1) is 0 Å². The number of carbonyl (C=O) groups is 1. The van der Waals surface area contributed by atoms with Gasteiger partial charge in [0.05, 0.1) is 11.1 Å². The van der Waals surface area contributed by atoms with Gasteiger partial charge in [0.25, 0.3) is 0 Å². The lowest BCUT2D eigenvalue weighted by molar-refractivity contribution is 0.0699. The second-order valence-electron chi connectivity index (χ2n) is 2.67. The highest BCUT2D eigenvalue weighted by Gasteiger charge is 2.09. The SMILES string of the molecule is O=C(O)c1cccc2c1ccn2Cl. The molecule has 0 aliphatic rings. The topological polar surface area (TPSA) is 42.2 Å². The van der Waals surface area contributed by atoms with Crippen molar-refractivity contribution in [3.8, 4) is 0 Å². The van der Waals surface area contributed by atoms with Crippen LogP contribution in [0.4, 0.5) is 0 Å². The van der Waals surface area contributed by atoms with Gasteiger partial charge in [0.15, 0.2) is 0 Å². The molecule has 0 unspecified atom stereocenters. The van der Waals surface area contributed by atoms with Crippen molar-refractivity contribution in [2.75, 3.05) is 0 Å². The van der Waals surface area contributed by atoms with E-state index in [-0.39, 0.29) is 5.56 Å². The van der Waals surface area contributed by atoms with Gasteiger partial charge in [-0.1, -0.05) is 6.07 Å². The van der Waals surface area contributed by atoms with E-state index in [0.29, 0.717) is 10.9 Å². The molecule has 0 aliphatic carbocycles. The second kappa shape index (κ2) is 2.78. The number of carboxylic acid groups (broad SMARTS) is 1. The first kappa shape index (κ1) is 8.13. The maximum Gasteiger partial charge on any atom is 0.336 e. The molecule has 0 fully saturated rings. The molecular formula is C9H6ClNO2. The zero-order valence-corrected chi connectivity index (χ0v) is 7.32. The maximum atomic E-state index is 10.8. The standard InChI is InChI=1S/C9H6ClNO2/c10-11-5-4-6-7(9(12)13)2-1-3-8(6)11/h1-5H,(H,12,13). The quantitative estimate of drug-likeness (QED) is 0.759. The number of halogens is 1. The van der Waals surface area contributed by atoms with Crippen LogP contribution in [0.5, 0.6) is 0 Å². The van der Waals surface area contributed by atoms with Gasteiger partial charge < -0.3 is 5.11 Å². The Morgan fingerprint density at radius 2 is 2.15 bits per heavy atom. The van der Waals surface area contributed by atoms with Crippen LogP contribution in [0, 0.1) is 0 Å². The third kappa shape index (κ3) is 1.17. The lowest BCUT2D eigenvalue weighted by Gasteiger charge is -1.96. The molecular weight excluding hydrogens is 190 g/mol. The van der Waals surface area contributed by atoms with E-state index in [9.17, 15) is 4.79 Å². The summed E-state index contributed by atoms with van der Waals surface area (Å²) in [5.41, 5.74) is 0.985. The third-order valence-electron chi connectivity index (χ3n) is 1.92. The molecule has 1 aromatic heterocycles. The smallest absolute Gasteiger partial charge is 0.336 e. The Labute approximate surface area is 79.3 Å². The fourth-order valence-electron chi connectivity index (χ4n) is 1.32. The predicted molar refractivity (Wildman–Crippen MR) is 50.1 cm³/mol. The number of benzene rings is 1. The number of nitrogens with zero attached hydrogens (tertiary/aromatic N) is 1. The van der Waals surface area contributed by atoms with E-state index in [1.807, 2.05) is 0 Å². The van der Waals surface area contributed by atoms with Crippen molar-refractivity contribution in [2.24, 2.45) is 0 Å². The van der Waals surface area contributed by atoms with Crippen molar-refractivity contribution >= 4 is 28.6 Å². The number of hydrogen-bond acceptors (Lipinski definition) is 1. The van der Waals surface area contributed by atoms with Crippen molar-refractivity contribution in [3.05, 3.63) is 36.0 Å². The van der Waals surface area contributed by atoms with Gasteiger partial charge in [-0.05, 0) is 18.2 Å². The Kier molecular flexibility index (Phi) is 1.74. The highest BCUT2D eigenvalue weighted by molar-refractivity contribution is 6.20. The molecule has 13 heavy (non-hydrogen) atoms. The summed E-state index contributed by atoms with van der Waals surface area (Å²) in [4.78, 5) is 10.8.